The van der Waals surface area contributed by atoms with Crippen molar-refractivity contribution in [1.29, 1.82) is 0 Å². The molecule has 0 aliphatic heterocycles. The average molecular weight is 290 g/mol. The summed E-state index contributed by atoms with van der Waals surface area (Å²) in [4.78, 5) is 14.9. The van der Waals surface area contributed by atoms with Gasteiger partial charge >= 0.3 is 0 Å². The Hall–Kier alpha value is -1.51. The van der Waals surface area contributed by atoms with E-state index < -0.39 is 0 Å². The van der Waals surface area contributed by atoms with E-state index in [1.54, 1.807) is 0 Å². The zero-order chi connectivity index (χ0) is 15.8. The van der Waals surface area contributed by atoms with Gasteiger partial charge in [-0.15, -0.1) is 0 Å². The monoisotopic (exact) mass is 290 g/mol. The number of anilines is 1. The molecule has 0 fully saturated rings. The van der Waals surface area contributed by atoms with E-state index in [1.807, 2.05) is 17.0 Å². The molecule has 118 valence electrons. The first-order chi connectivity index (χ1) is 10.0. The van der Waals surface area contributed by atoms with Gasteiger partial charge in [-0.25, -0.2) is 0 Å². The quantitative estimate of drug-likeness (QED) is 0.717. The molecule has 0 aliphatic carbocycles. The van der Waals surface area contributed by atoms with Gasteiger partial charge in [0, 0.05) is 24.8 Å². The van der Waals surface area contributed by atoms with E-state index in [0.717, 1.165) is 30.8 Å². The van der Waals surface area contributed by atoms with Crippen LogP contribution in [0.4, 0.5) is 5.69 Å². The van der Waals surface area contributed by atoms with E-state index in [9.17, 15) is 4.79 Å². The molecular weight excluding hydrogens is 260 g/mol. The minimum Gasteiger partial charge on any atom is -0.385 e. The number of carbonyl (C=O) groups excluding carboxylic acids is 1. The largest absolute Gasteiger partial charge is 0.385 e. The molecule has 0 aliphatic rings. The molecule has 0 bridgehead atoms. The lowest BCUT2D eigenvalue weighted by Crippen LogP contribution is -2.38. The number of amides is 1. The van der Waals surface area contributed by atoms with Crippen LogP contribution in [0, 0.1) is 6.92 Å². The Morgan fingerprint density at radius 2 is 1.95 bits per heavy atom. The lowest BCUT2D eigenvalue weighted by atomic mass is 10.1. The molecule has 0 heterocycles. The zero-order valence-electron chi connectivity index (χ0n) is 14.2. The molecule has 0 unspecified atom stereocenters. The van der Waals surface area contributed by atoms with Crippen LogP contribution in [0.15, 0.2) is 18.2 Å². The minimum absolute atomic E-state index is 0.136. The second-order valence-electron chi connectivity index (χ2n) is 5.88. The molecule has 1 aromatic rings. The number of hydrogen-bond donors (Lipinski definition) is 1. The molecule has 3 heteroatoms. The first kappa shape index (κ1) is 17.5. The Labute approximate surface area is 129 Å². The summed E-state index contributed by atoms with van der Waals surface area (Å²) >= 11 is 0. The van der Waals surface area contributed by atoms with Gasteiger partial charge in [-0.1, -0.05) is 25.8 Å². The number of nitrogens with zero attached hydrogens (tertiary/aromatic N) is 1. The van der Waals surface area contributed by atoms with Gasteiger partial charge in [-0.3, -0.25) is 4.79 Å². The van der Waals surface area contributed by atoms with Crippen LogP contribution in [0.25, 0.3) is 0 Å². The van der Waals surface area contributed by atoms with Crippen molar-refractivity contribution in [3.8, 4) is 0 Å². The topological polar surface area (TPSA) is 32.3 Å². The maximum Gasteiger partial charge on any atom is 0.256 e. The molecule has 1 aromatic carbocycles. The van der Waals surface area contributed by atoms with Gasteiger partial charge in [0.25, 0.3) is 5.91 Å². The van der Waals surface area contributed by atoms with Gasteiger partial charge in [-0.2, -0.15) is 0 Å². The summed E-state index contributed by atoms with van der Waals surface area (Å²) < 4.78 is 0. The zero-order valence-corrected chi connectivity index (χ0v) is 14.2. The number of benzene rings is 1. The number of nitrogens with one attached hydrogen (secondary N) is 1. The predicted octanol–water partition coefficient (Wildman–Crippen LogP) is 4.47. The van der Waals surface area contributed by atoms with Crippen molar-refractivity contribution in [2.45, 2.75) is 59.9 Å². The highest BCUT2D eigenvalue weighted by Gasteiger charge is 2.20. The van der Waals surface area contributed by atoms with Crippen molar-refractivity contribution >= 4 is 11.6 Å². The van der Waals surface area contributed by atoms with Crippen LogP contribution >= 0.6 is 0 Å². The molecule has 0 aromatic heterocycles. The number of rotatable bonds is 8. The van der Waals surface area contributed by atoms with Gasteiger partial charge in [0.2, 0.25) is 0 Å². The second kappa shape index (κ2) is 8.71. The van der Waals surface area contributed by atoms with Crippen LogP contribution < -0.4 is 5.32 Å². The van der Waals surface area contributed by atoms with Crippen molar-refractivity contribution in [2.75, 3.05) is 18.4 Å². The van der Waals surface area contributed by atoms with Crippen LogP contribution in [0.5, 0.6) is 0 Å². The number of unbranched alkanes of at least 4 members (excludes halogenated alkanes) is 2. The SMILES string of the molecule is CCCCCN(C(=O)c1ccc(C)cc1NCC)C(C)C. The molecule has 0 atom stereocenters. The predicted molar refractivity (Wildman–Crippen MR) is 91.0 cm³/mol. The minimum atomic E-state index is 0.136. The van der Waals surface area contributed by atoms with Crippen molar-refractivity contribution in [1.82, 2.24) is 4.90 Å². The Kier molecular flexibility index (Phi) is 7.27. The van der Waals surface area contributed by atoms with Crippen LogP contribution in [-0.4, -0.2) is 29.9 Å². The van der Waals surface area contributed by atoms with E-state index in [-0.39, 0.29) is 11.9 Å². The average Bonchev–Trinajstić information content (AvgIpc) is 2.43. The van der Waals surface area contributed by atoms with Gasteiger partial charge < -0.3 is 10.2 Å². The third-order valence-electron chi connectivity index (χ3n) is 3.66. The second-order valence-corrected chi connectivity index (χ2v) is 5.88. The fourth-order valence-electron chi connectivity index (χ4n) is 2.46. The molecule has 3 nitrogen and oxygen atoms in total. The van der Waals surface area contributed by atoms with Crippen LogP contribution in [-0.2, 0) is 0 Å². The number of hydrogen-bond acceptors (Lipinski definition) is 2. The lowest BCUT2D eigenvalue weighted by molar-refractivity contribution is 0.0703. The molecule has 0 saturated carbocycles. The summed E-state index contributed by atoms with van der Waals surface area (Å²) in [6.45, 7) is 12.1. The fraction of sp³-hybridized carbons (Fsp3) is 0.611. The first-order valence-corrected chi connectivity index (χ1v) is 8.16. The molecule has 0 spiro atoms. The Balaban J connectivity index is 2.97. The molecular formula is C18H30N2O. The van der Waals surface area contributed by atoms with Gasteiger partial charge in [0.1, 0.15) is 0 Å². The summed E-state index contributed by atoms with van der Waals surface area (Å²) in [5, 5.41) is 3.31. The highest BCUT2D eigenvalue weighted by Crippen LogP contribution is 2.21. The van der Waals surface area contributed by atoms with Crippen LogP contribution in [0.3, 0.4) is 0 Å². The molecule has 21 heavy (non-hydrogen) atoms. The molecule has 1 rings (SSSR count). The van der Waals surface area contributed by atoms with Crippen molar-refractivity contribution in [2.24, 2.45) is 0 Å². The van der Waals surface area contributed by atoms with Crippen LogP contribution in [0.2, 0.25) is 0 Å². The summed E-state index contributed by atoms with van der Waals surface area (Å²) in [7, 11) is 0. The molecule has 1 amide bonds. The van der Waals surface area contributed by atoms with E-state index in [1.165, 1.54) is 18.4 Å². The van der Waals surface area contributed by atoms with Crippen molar-refractivity contribution < 1.29 is 4.79 Å². The summed E-state index contributed by atoms with van der Waals surface area (Å²) in [6, 6.07) is 6.25. The Morgan fingerprint density at radius 3 is 2.52 bits per heavy atom. The van der Waals surface area contributed by atoms with Gasteiger partial charge in [0.15, 0.2) is 0 Å². The highest BCUT2D eigenvalue weighted by molar-refractivity contribution is 5.99. The fourth-order valence-corrected chi connectivity index (χ4v) is 2.46. The standard InChI is InChI=1S/C18H30N2O/c1-6-8-9-12-20(14(3)4)18(21)16-11-10-15(5)13-17(16)19-7-2/h10-11,13-14,19H,6-9,12H2,1-5H3. The van der Waals surface area contributed by atoms with E-state index in [0.29, 0.717) is 0 Å². The number of aryl methyl sites for hydroxylation is 1. The van der Waals surface area contributed by atoms with Gasteiger partial charge in [-0.05, 0) is 51.8 Å². The van der Waals surface area contributed by atoms with E-state index in [2.05, 4.69) is 46.0 Å². The van der Waals surface area contributed by atoms with Gasteiger partial charge in [0.05, 0.1) is 5.56 Å². The Morgan fingerprint density at radius 1 is 1.24 bits per heavy atom. The summed E-state index contributed by atoms with van der Waals surface area (Å²) in [5.41, 5.74) is 2.90. The smallest absolute Gasteiger partial charge is 0.256 e. The lowest BCUT2D eigenvalue weighted by Gasteiger charge is -2.28. The normalized spacial score (nSPS) is 10.8. The third-order valence-corrected chi connectivity index (χ3v) is 3.66. The maximum absolute atomic E-state index is 12.9. The van der Waals surface area contributed by atoms with Crippen molar-refractivity contribution in [3.05, 3.63) is 29.3 Å². The van der Waals surface area contributed by atoms with E-state index in [4.69, 9.17) is 0 Å². The summed E-state index contributed by atoms with van der Waals surface area (Å²) in [5.74, 6) is 0.136. The number of carbonyl (C=O) groups is 1. The summed E-state index contributed by atoms with van der Waals surface area (Å²) in [6.07, 6.45) is 3.42. The third kappa shape index (κ3) is 5.07. The first-order valence-electron chi connectivity index (χ1n) is 8.16. The molecule has 0 radical (unpaired) electrons. The Bertz CT molecular complexity index is 455. The van der Waals surface area contributed by atoms with E-state index >= 15 is 0 Å². The highest BCUT2D eigenvalue weighted by atomic mass is 16.2. The van der Waals surface area contributed by atoms with Crippen molar-refractivity contribution in [3.63, 3.8) is 0 Å². The molecule has 0 saturated heterocycles. The molecule has 1 N–H and O–H groups in total. The van der Waals surface area contributed by atoms with Crippen LogP contribution in [0.1, 0.15) is 62.9 Å². The maximum atomic E-state index is 12.9.